The highest BCUT2D eigenvalue weighted by Crippen LogP contribution is 2.17. The fraction of sp³-hybridized carbons (Fsp3) is 0.357. The molecule has 0 radical (unpaired) electrons. The van der Waals surface area contributed by atoms with Gasteiger partial charge in [-0.2, -0.15) is 5.10 Å². The van der Waals surface area contributed by atoms with Gasteiger partial charge < -0.3 is 4.74 Å². The Bertz CT molecular complexity index is 505. The summed E-state index contributed by atoms with van der Waals surface area (Å²) in [6, 6.07) is 9.49. The first-order valence-corrected chi connectivity index (χ1v) is 6.54. The molecule has 0 unspecified atom stereocenters. The molecule has 0 saturated carbocycles. The van der Waals surface area contributed by atoms with Crippen molar-refractivity contribution < 1.29 is 4.74 Å². The van der Waals surface area contributed by atoms with Crippen LogP contribution in [0.3, 0.4) is 0 Å². The molecule has 0 aliphatic rings. The zero-order valence-corrected chi connectivity index (χ0v) is 11.4. The minimum atomic E-state index is 0.530. The molecule has 1 aromatic carbocycles. The number of benzene rings is 1. The fourth-order valence-corrected chi connectivity index (χ4v) is 1.89. The van der Waals surface area contributed by atoms with Crippen molar-refractivity contribution in [1.82, 2.24) is 9.78 Å². The molecule has 0 fully saturated rings. The zero-order valence-electron chi connectivity index (χ0n) is 10.7. The molecule has 2 aromatic rings. The van der Waals surface area contributed by atoms with Crippen LogP contribution in [-0.4, -0.2) is 9.78 Å². The summed E-state index contributed by atoms with van der Waals surface area (Å²) >= 11 is 5.83. The van der Waals surface area contributed by atoms with E-state index in [1.165, 1.54) is 0 Å². The van der Waals surface area contributed by atoms with Crippen molar-refractivity contribution >= 4 is 11.6 Å². The van der Waals surface area contributed by atoms with Crippen molar-refractivity contribution in [2.24, 2.45) is 0 Å². The van der Waals surface area contributed by atoms with Gasteiger partial charge in [0.15, 0.2) is 0 Å². The molecule has 0 aliphatic carbocycles. The van der Waals surface area contributed by atoms with Crippen LogP contribution >= 0.6 is 11.6 Å². The Kier molecular flexibility index (Phi) is 4.26. The van der Waals surface area contributed by atoms with Crippen molar-refractivity contribution in [1.29, 1.82) is 0 Å². The lowest BCUT2D eigenvalue weighted by Crippen LogP contribution is -2.06. The Morgan fingerprint density at radius 1 is 1.22 bits per heavy atom. The van der Waals surface area contributed by atoms with Crippen LogP contribution in [0.4, 0.5) is 0 Å². The van der Waals surface area contributed by atoms with Gasteiger partial charge in [0.25, 0.3) is 0 Å². The molecule has 0 N–H and O–H groups in total. The van der Waals surface area contributed by atoms with E-state index in [4.69, 9.17) is 16.3 Å². The summed E-state index contributed by atoms with van der Waals surface area (Å²) in [6.45, 7) is 5.58. The largest absolute Gasteiger partial charge is 0.487 e. The highest BCUT2D eigenvalue weighted by atomic mass is 35.5. The fourth-order valence-electron chi connectivity index (χ4n) is 1.77. The summed E-state index contributed by atoms with van der Waals surface area (Å²) in [5.74, 6) is 0.821. The van der Waals surface area contributed by atoms with Crippen molar-refractivity contribution in [3.05, 3.63) is 46.7 Å². The van der Waals surface area contributed by atoms with Crippen molar-refractivity contribution in [2.75, 3.05) is 0 Å². The predicted molar refractivity (Wildman–Crippen MR) is 73.1 cm³/mol. The maximum Gasteiger partial charge on any atom is 0.130 e. The van der Waals surface area contributed by atoms with E-state index in [2.05, 4.69) is 25.0 Å². The number of ether oxygens (including phenoxy) is 1. The van der Waals surface area contributed by atoms with Crippen molar-refractivity contribution in [3.8, 4) is 5.75 Å². The molecular weight excluding hydrogens is 248 g/mol. The molecule has 0 saturated heterocycles. The molecule has 0 atom stereocenters. The number of nitrogens with zero attached hydrogens (tertiary/aromatic N) is 2. The summed E-state index contributed by atoms with van der Waals surface area (Å²) in [5.41, 5.74) is 2.20. The molecule has 2 rings (SSSR count). The monoisotopic (exact) mass is 264 g/mol. The lowest BCUT2D eigenvalue weighted by molar-refractivity contribution is 0.292. The number of hydrogen-bond acceptors (Lipinski definition) is 2. The highest BCUT2D eigenvalue weighted by molar-refractivity contribution is 6.30. The predicted octanol–water partition coefficient (Wildman–Crippen LogP) is 3.70. The molecule has 1 heterocycles. The van der Waals surface area contributed by atoms with E-state index in [9.17, 15) is 0 Å². The van der Waals surface area contributed by atoms with Gasteiger partial charge in [0, 0.05) is 11.6 Å². The van der Waals surface area contributed by atoms with Crippen LogP contribution in [0.5, 0.6) is 5.75 Å². The second-order valence-corrected chi connectivity index (χ2v) is 4.48. The second kappa shape index (κ2) is 5.91. The topological polar surface area (TPSA) is 27.1 Å². The Morgan fingerprint density at radius 2 is 1.94 bits per heavy atom. The smallest absolute Gasteiger partial charge is 0.130 e. The maximum atomic E-state index is 5.83. The Balaban J connectivity index is 2.05. The van der Waals surface area contributed by atoms with Crippen LogP contribution in [0.2, 0.25) is 5.02 Å². The third-order valence-electron chi connectivity index (χ3n) is 2.78. The summed E-state index contributed by atoms with van der Waals surface area (Å²) < 4.78 is 7.71. The summed E-state index contributed by atoms with van der Waals surface area (Å²) in [5, 5.41) is 5.21. The number of hydrogen-bond donors (Lipinski definition) is 0. The van der Waals surface area contributed by atoms with Crippen LogP contribution in [0.15, 0.2) is 30.3 Å². The molecule has 0 spiro atoms. The normalized spacial score (nSPS) is 10.6. The van der Waals surface area contributed by atoms with Gasteiger partial charge in [0.1, 0.15) is 12.4 Å². The van der Waals surface area contributed by atoms with Gasteiger partial charge in [-0.05, 0) is 43.7 Å². The van der Waals surface area contributed by atoms with Crippen molar-refractivity contribution in [3.63, 3.8) is 0 Å². The molecule has 0 bridgehead atoms. The molecule has 0 aliphatic heterocycles. The van der Waals surface area contributed by atoms with Crippen LogP contribution in [0.1, 0.15) is 25.2 Å². The Labute approximate surface area is 112 Å². The van der Waals surface area contributed by atoms with Crippen molar-refractivity contribution in [2.45, 2.75) is 33.4 Å². The van der Waals surface area contributed by atoms with Gasteiger partial charge in [-0.3, -0.25) is 4.68 Å². The minimum absolute atomic E-state index is 0.530. The lowest BCUT2D eigenvalue weighted by Gasteiger charge is -2.07. The molecule has 1 aromatic heterocycles. The Morgan fingerprint density at radius 3 is 2.56 bits per heavy atom. The third kappa shape index (κ3) is 3.05. The lowest BCUT2D eigenvalue weighted by atomic mass is 10.3. The SMILES string of the molecule is CCc1cc(COc2ccc(Cl)cc2)n(CC)n1. The number of aromatic nitrogens is 2. The van der Waals surface area contributed by atoms with Gasteiger partial charge in [-0.1, -0.05) is 18.5 Å². The third-order valence-corrected chi connectivity index (χ3v) is 3.03. The second-order valence-electron chi connectivity index (χ2n) is 4.04. The van der Waals surface area contributed by atoms with E-state index in [0.29, 0.717) is 11.6 Å². The Hall–Kier alpha value is -1.48. The minimum Gasteiger partial charge on any atom is -0.487 e. The summed E-state index contributed by atoms with van der Waals surface area (Å²) in [7, 11) is 0. The first kappa shape index (κ1) is 13.0. The quantitative estimate of drug-likeness (QED) is 0.823. The van der Waals surface area contributed by atoms with Gasteiger partial charge in [0.05, 0.1) is 11.4 Å². The van der Waals surface area contributed by atoms with Gasteiger partial charge >= 0.3 is 0 Å². The van der Waals surface area contributed by atoms with Crippen LogP contribution in [-0.2, 0) is 19.6 Å². The number of halogens is 1. The van der Waals surface area contributed by atoms with Crippen LogP contribution in [0, 0.1) is 0 Å². The van der Waals surface area contributed by atoms with E-state index < -0.39 is 0 Å². The van der Waals surface area contributed by atoms with E-state index in [1.54, 1.807) is 0 Å². The van der Waals surface area contributed by atoms with Gasteiger partial charge in [-0.15, -0.1) is 0 Å². The molecule has 18 heavy (non-hydrogen) atoms. The van der Waals surface area contributed by atoms with E-state index in [-0.39, 0.29) is 0 Å². The molecule has 3 nitrogen and oxygen atoms in total. The van der Waals surface area contributed by atoms with E-state index in [1.807, 2.05) is 28.9 Å². The summed E-state index contributed by atoms with van der Waals surface area (Å²) in [4.78, 5) is 0. The van der Waals surface area contributed by atoms with Gasteiger partial charge in [0.2, 0.25) is 0 Å². The van der Waals surface area contributed by atoms with Crippen LogP contribution < -0.4 is 4.74 Å². The zero-order chi connectivity index (χ0) is 13.0. The first-order valence-electron chi connectivity index (χ1n) is 6.17. The maximum absolute atomic E-state index is 5.83. The standard InChI is InChI=1S/C14H17ClN2O/c1-3-12-9-13(17(4-2)16-12)10-18-14-7-5-11(15)6-8-14/h5-9H,3-4,10H2,1-2H3. The molecule has 0 amide bonds. The highest BCUT2D eigenvalue weighted by Gasteiger charge is 2.06. The first-order chi connectivity index (χ1) is 8.72. The summed E-state index contributed by atoms with van der Waals surface area (Å²) in [6.07, 6.45) is 0.945. The van der Waals surface area contributed by atoms with Gasteiger partial charge in [-0.25, -0.2) is 0 Å². The molecule has 4 heteroatoms. The average molecular weight is 265 g/mol. The number of rotatable bonds is 5. The van der Waals surface area contributed by atoms with E-state index >= 15 is 0 Å². The molecular formula is C14H17ClN2O. The molecule has 96 valence electrons. The number of aryl methyl sites for hydroxylation is 2. The average Bonchev–Trinajstić information content (AvgIpc) is 2.80. The van der Waals surface area contributed by atoms with E-state index in [0.717, 1.165) is 30.1 Å². The van der Waals surface area contributed by atoms with Crippen LogP contribution in [0.25, 0.3) is 0 Å².